The number of ether oxygens (including phenoxy) is 2. The van der Waals surface area contributed by atoms with Crippen molar-refractivity contribution in [3.63, 3.8) is 0 Å². The van der Waals surface area contributed by atoms with Gasteiger partial charge in [-0.15, -0.1) is 0 Å². The number of rotatable bonds is 12. The Labute approximate surface area is 212 Å². The molecule has 0 amide bonds. The van der Waals surface area contributed by atoms with Gasteiger partial charge in [0.25, 0.3) is 0 Å². The number of benzene rings is 2. The Morgan fingerprint density at radius 1 is 0.583 bits per heavy atom. The van der Waals surface area contributed by atoms with Gasteiger partial charge in [-0.05, 0) is 85.7 Å². The monoisotopic (exact) mass is 484 g/mol. The molecule has 186 valence electrons. The topological polar surface area (TPSA) is 76.7 Å². The lowest BCUT2D eigenvalue weighted by Gasteiger charge is -2.23. The van der Waals surface area contributed by atoms with Crippen LogP contribution in [0.1, 0.15) is 39.5 Å². The third-order valence-electron chi connectivity index (χ3n) is 5.88. The molecule has 0 bridgehead atoms. The van der Waals surface area contributed by atoms with E-state index in [0.29, 0.717) is 35.8 Å². The summed E-state index contributed by atoms with van der Waals surface area (Å²) in [5, 5.41) is 6.59. The van der Waals surface area contributed by atoms with Gasteiger partial charge in [0, 0.05) is 11.4 Å². The van der Waals surface area contributed by atoms with E-state index in [1.54, 1.807) is 12.2 Å². The number of hydrogen-bond donors (Lipinski definition) is 2. The molecule has 0 fully saturated rings. The highest BCUT2D eigenvalue weighted by Gasteiger charge is 2.30. The number of unbranched alkanes of at least 4 members (excludes halogenated alkanes) is 2. The first-order valence-electron chi connectivity index (χ1n) is 12.5. The van der Waals surface area contributed by atoms with E-state index < -0.39 is 0 Å². The number of ketones is 2. The molecule has 0 atom stereocenters. The van der Waals surface area contributed by atoms with Gasteiger partial charge in [0.05, 0.1) is 35.8 Å². The van der Waals surface area contributed by atoms with Gasteiger partial charge in [-0.3, -0.25) is 9.59 Å². The summed E-state index contributed by atoms with van der Waals surface area (Å²) in [6, 6.07) is 15.2. The lowest BCUT2D eigenvalue weighted by Crippen LogP contribution is -2.24. The summed E-state index contributed by atoms with van der Waals surface area (Å²) < 4.78 is 11.5. The summed E-state index contributed by atoms with van der Waals surface area (Å²) >= 11 is 0. The minimum atomic E-state index is -0.213. The maximum Gasteiger partial charge on any atom is 0.188 e. The van der Waals surface area contributed by atoms with Gasteiger partial charge in [0.1, 0.15) is 11.5 Å². The second-order valence-electron chi connectivity index (χ2n) is 8.68. The number of carbonyl (C=O) groups is 2. The van der Waals surface area contributed by atoms with Crippen LogP contribution >= 0.6 is 0 Å². The van der Waals surface area contributed by atoms with E-state index in [-0.39, 0.29) is 11.6 Å². The van der Waals surface area contributed by atoms with Crippen molar-refractivity contribution in [3.8, 4) is 11.5 Å². The second-order valence-corrected chi connectivity index (χ2v) is 8.68. The number of nitrogens with one attached hydrogen (secondary N) is 2. The Morgan fingerprint density at radius 3 is 1.33 bits per heavy atom. The molecular formula is C30H32N2O4. The molecule has 0 unspecified atom stereocenters. The van der Waals surface area contributed by atoms with E-state index in [2.05, 4.69) is 24.5 Å². The lowest BCUT2D eigenvalue weighted by molar-refractivity contribution is -0.114. The molecule has 0 saturated heterocycles. The van der Waals surface area contributed by atoms with E-state index in [4.69, 9.17) is 9.47 Å². The number of allylic oxidation sites excluding steroid dienone is 6. The summed E-state index contributed by atoms with van der Waals surface area (Å²) in [5.41, 5.74) is 3.48. The fourth-order valence-electron chi connectivity index (χ4n) is 3.89. The molecule has 0 radical (unpaired) electrons. The van der Waals surface area contributed by atoms with E-state index in [1.165, 1.54) is 12.2 Å². The zero-order chi connectivity index (χ0) is 25.3. The van der Waals surface area contributed by atoms with Gasteiger partial charge in [-0.25, -0.2) is 0 Å². The minimum Gasteiger partial charge on any atom is -0.494 e. The van der Waals surface area contributed by atoms with Crippen molar-refractivity contribution in [1.82, 2.24) is 0 Å². The largest absolute Gasteiger partial charge is 0.494 e. The van der Waals surface area contributed by atoms with Gasteiger partial charge in [-0.1, -0.05) is 26.7 Å². The van der Waals surface area contributed by atoms with Crippen LogP contribution in [-0.4, -0.2) is 24.8 Å². The van der Waals surface area contributed by atoms with Crippen LogP contribution in [0.25, 0.3) is 0 Å². The van der Waals surface area contributed by atoms with Gasteiger partial charge >= 0.3 is 0 Å². The van der Waals surface area contributed by atoms with Gasteiger partial charge in [-0.2, -0.15) is 0 Å². The first-order chi connectivity index (χ1) is 17.6. The van der Waals surface area contributed by atoms with Crippen molar-refractivity contribution in [1.29, 1.82) is 0 Å². The smallest absolute Gasteiger partial charge is 0.188 e. The summed E-state index contributed by atoms with van der Waals surface area (Å²) in [6.45, 7) is 5.62. The quantitative estimate of drug-likeness (QED) is 0.342. The highest BCUT2D eigenvalue weighted by atomic mass is 16.5. The normalized spacial score (nSPS) is 14.7. The predicted molar refractivity (Wildman–Crippen MR) is 143 cm³/mol. The number of fused-ring (bicyclic) bond motifs is 1. The van der Waals surface area contributed by atoms with Crippen LogP contribution in [0.15, 0.2) is 95.4 Å². The van der Waals surface area contributed by atoms with Crippen molar-refractivity contribution in [2.75, 3.05) is 23.8 Å². The van der Waals surface area contributed by atoms with Crippen molar-refractivity contribution in [2.45, 2.75) is 39.5 Å². The summed E-state index contributed by atoms with van der Waals surface area (Å²) in [5.74, 6) is 1.17. The molecule has 6 nitrogen and oxygen atoms in total. The van der Waals surface area contributed by atoms with Crippen LogP contribution in [0.4, 0.5) is 11.4 Å². The SMILES string of the molecule is CCCCOc1ccc(NC2=C3C(=O)C=CC(Nc4ccc(OCCCC)cc4)=C3C(=O)C=C2)cc1. The van der Waals surface area contributed by atoms with Gasteiger partial charge < -0.3 is 20.1 Å². The average molecular weight is 485 g/mol. The third-order valence-corrected chi connectivity index (χ3v) is 5.88. The van der Waals surface area contributed by atoms with Crippen molar-refractivity contribution in [2.24, 2.45) is 0 Å². The highest BCUT2D eigenvalue weighted by Crippen LogP contribution is 2.32. The molecule has 2 aliphatic carbocycles. The maximum absolute atomic E-state index is 12.9. The molecule has 4 rings (SSSR count). The Morgan fingerprint density at radius 2 is 0.972 bits per heavy atom. The van der Waals surface area contributed by atoms with Crippen molar-refractivity contribution >= 4 is 22.9 Å². The average Bonchev–Trinajstić information content (AvgIpc) is 2.89. The van der Waals surface area contributed by atoms with Crippen molar-refractivity contribution < 1.29 is 19.1 Å². The standard InChI is InChI=1S/C30H32N2O4/c1-3-5-19-35-23-11-7-21(8-12-23)31-25-15-17-28(34)30-26(16-18-27(33)29(25)30)32-22-9-13-24(14-10-22)36-20-6-4-2/h7-18,31-32H,3-6,19-20H2,1-2H3. The molecule has 2 aromatic carbocycles. The minimum absolute atomic E-state index is 0.213. The number of anilines is 2. The zero-order valence-electron chi connectivity index (χ0n) is 20.8. The molecule has 2 aromatic rings. The highest BCUT2D eigenvalue weighted by molar-refractivity contribution is 6.23. The Bertz CT molecular complexity index is 1120. The third kappa shape index (κ3) is 6.13. The summed E-state index contributed by atoms with van der Waals surface area (Å²) in [4.78, 5) is 25.7. The molecule has 0 heterocycles. The zero-order valence-corrected chi connectivity index (χ0v) is 20.8. The fraction of sp³-hybridized carbons (Fsp3) is 0.267. The maximum atomic E-state index is 12.9. The van der Waals surface area contributed by atoms with Crippen LogP contribution in [0.3, 0.4) is 0 Å². The van der Waals surface area contributed by atoms with Crippen LogP contribution < -0.4 is 20.1 Å². The molecule has 6 heteroatoms. The van der Waals surface area contributed by atoms with Crippen LogP contribution in [0.5, 0.6) is 11.5 Å². The van der Waals surface area contributed by atoms with Crippen LogP contribution in [-0.2, 0) is 9.59 Å². The molecule has 2 N–H and O–H groups in total. The molecule has 0 aliphatic heterocycles. The molecule has 0 saturated carbocycles. The van der Waals surface area contributed by atoms with E-state index in [9.17, 15) is 9.59 Å². The van der Waals surface area contributed by atoms with E-state index >= 15 is 0 Å². The Hall–Kier alpha value is -4.06. The predicted octanol–water partition coefficient (Wildman–Crippen LogP) is 6.35. The van der Waals surface area contributed by atoms with E-state index in [1.807, 2.05) is 48.5 Å². The van der Waals surface area contributed by atoms with E-state index in [0.717, 1.165) is 48.6 Å². The second kappa shape index (κ2) is 12.1. The Balaban J connectivity index is 1.54. The molecule has 0 spiro atoms. The molecule has 0 aromatic heterocycles. The lowest BCUT2D eigenvalue weighted by atomic mass is 9.86. The first kappa shape index (κ1) is 25.0. The first-order valence-corrected chi connectivity index (χ1v) is 12.5. The number of hydrogen-bond acceptors (Lipinski definition) is 6. The summed E-state index contributed by atoms with van der Waals surface area (Å²) in [7, 11) is 0. The molecule has 36 heavy (non-hydrogen) atoms. The van der Waals surface area contributed by atoms with Crippen molar-refractivity contribution in [3.05, 3.63) is 95.4 Å². The fourth-order valence-corrected chi connectivity index (χ4v) is 3.89. The van der Waals surface area contributed by atoms with Crippen LogP contribution in [0.2, 0.25) is 0 Å². The number of carbonyl (C=O) groups excluding carboxylic acids is 2. The van der Waals surface area contributed by atoms with Crippen LogP contribution in [0, 0.1) is 0 Å². The Kier molecular flexibility index (Phi) is 8.40. The summed E-state index contributed by atoms with van der Waals surface area (Å²) in [6.07, 6.45) is 10.5. The van der Waals surface area contributed by atoms with Gasteiger partial charge in [0.15, 0.2) is 11.6 Å². The van der Waals surface area contributed by atoms with Gasteiger partial charge in [0.2, 0.25) is 0 Å². The molecular weight excluding hydrogens is 452 g/mol. The molecule has 2 aliphatic rings.